The van der Waals surface area contributed by atoms with Crippen LogP contribution in [0.5, 0.6) is 5.75 Å². The van der Waals surface area contributed by atoms with Crippen LogP contribution in [0.3, 0.4) is 0 Å². The number of hydrogen-bond acceptors (Lipinski definition) is 4. The van der Waals surface area contributed by atoms with Gasteiger partial charge in [-0.25, -0.2) is 13.6 Å². The molecule has 2 aromatic carbocycles. The van der Waals surface area contributed by atoms with Crippen LogP contribution in [0.2, 0.25) is 0 Å². The Morgan fingerprint density at radius 3 is 2.32 bits per heavy atom. The topological polar surface area (TPSA) is 76.7 Å². The smallest absolute Gasteiger partial charge is 0.408 e. The molecule has 0 aromatic heterocycles. The molecule has 0 unspecified atom stereocenters. The van der Waals surface area contributed by atoms with E-state index in [2.05, 4.69) is 10.6 Å². The first-order valence-corrected chi connectivity index (χ1v) is 8.56. The average molecular weight is 392 g/mol. The summed E-state index contributed by atoms with van der Waals surface area (Å²) in [6, 6.07) is 9.72. The lowest BCUT2D eigenvalue weighted by Crippen LogP contribution is -2.37. The first kappa shape index (κ1) is 21.1. The Morgan fingerprint density at radius 2 is 1.71 bits per heavy atom. The van der Waals surface area contributed by atoms with Crippen molar-refractivity contribution in [3.05, 3.63) is 59.7 Å². The van der Waals surface area contributed by atoms with Crippen LogP contribution in [-0.2, 0) is 16.1 Å². The minimum atomic E-state index is -0.743. The third-order valence-corrected chi connectivity index (χ3v) is 3.33. The molecule has 6 nitrogen and oxygen atoms in total. The maximum atomic E-state index is 14.2. The highest BCUT2D eigenvalue weighted by atomic mass is 19.1. The number of benzene rings is 2. The summed E-state index contributed by atoms with van der Waals surface area (Å²) in [4.78, 5) is 23.4. The van der Waals surface area contributed by atoms with Gasteiger partial charge >= 0.3 is 6.09 Å². The van der Waals surface area contributed by atoms with Crippen LogP contribution < -0.4 is 15.4 Å². The van der Waals surface area contributed by atoms with Gasteiger partial charge in [-0.3, -0.25) is 4.79 Å². The number of amides is 2. The predicted molar refractivity (Wildman–Crippen MR) is 100.0 cm³/mol. The third kappa shape index (κ3) is 7.22. The number of alkyl carbamates (subject to hydrolysis) is 1. The fraction of sp³-hybridized carbons (Fsp3) is 0.300. The number of hydrogen-bond donors (Lipinski definition) is 2. The van der Waals surface area contributed by atoms with Gasteiger partial charge in [-0.05, 0) is 50.6 Å². The van der Waals surface area contributed by atoms with Crippen molar-refractivity contribution in [2.24, 2.45) is 0 Å². The Balaban J connectivity index is 1.85. The molecular formula is C20H22F2N2O4. The number of nitrogens with one attached hydrogen (secondary N) is 2. The average Bonchev–Trinajstić information content (AvgIpc) is 2.60. The molecule has 8 heteroatoms. The lowest BCUT2D eigenvalue weighted by Gasteiger charge is -2.19. The van der Waals surface area contributed by atoms with E-state index in [1.807, 2.05) is 0 Å². The first-order chi connectivity index (χ1) is 13.1. The van der Waals surface area contributed by atoms with Crippen molar-refractivity contribution in [2.75, 3.05) is 11.9 Å². The number of rotatable bonds is 6. The summed E-state index contributed by atoms with van der Waals surface area (Å²) in [5.74, 6) is -1.39. The minimum Gasteiger partial charge on any atom is -0.489 e. The molecule has 0 aliphatic heterocycles. The van der Waals surface area contributed by atoms with Crippen LogP contribution in [0.25, 0.3) is 0 Å². The maximum Gasteiger partial charge on any atom is 0.408 e. The summed E-state index contributed by atoms with van der Waals surface area (Å²) in [5.41, 5.74) is -0.00585. The van der Waals surface area contributed by atoms with Gasteiger partial charge in [0.15, 0.2) is 0 Å². The second kappa shape index (κ2) is 9.16. The molecule has 150 valence electrons. The van der Waals surface area contributed by atoms with E-state index in [9.17, 15) is 18.4 Å². The molecule has 0 atom stereocenters. The molecule has 0 bridgehead atoms. The van der Waals surface area contributed by atoms with Gasteiger partial charge in [0.2, 0.25) is 5.91 Å². The zero-order chi connectivity index (χ0) is 20.7. The van der Waals surface area contributed by atoms with Crippen molar-refractivity contribution in [3.8, 4) is 5.75 Å². The van der Waals surface area contributed by atoms with E-state index in [1.54, 1.807) is 32.9 Å². The lowest BCUT2D eigenvalue weighted by molar-refractivity contribution is -0.115. The molecule has 0 fully saturated rings. The number of carbonyl (C=O) groups excluding carboxylic acids is 2. The van der Waals surface area contributed by atoms with Crippen molar-refractivity contribution < 1.29 is 27.8 Å². The van der Waals surface area contributed by atoms with E-state index in [4.69, 9.17) is 9.47 Å². The zero-order valence-electron chi connectivity index (χ0n) is 15.8. The van der Waals surface area contributed by atoms with Gasteiger partial charge in [0.05, 0.1) is 5.69 Å². The molecular weight excluding hydrogens is 370 g/mol. The summed E-state index contributed by atoms with van der Waals surface area (Å²) in [6.07, 6.45) is -0.743. The second-order valence-corrected chi connectivity index (χ2v) is 6.96. The van der Waals surface area contributed by atoms with Crippen molar-refractivity contribution in [1.82, 2.24) is 5.32 Å². The largest absolute Gasteiger partial charge is 0.489 e. The van der Waals surface area contributed by atoms with E-state index in [-0.39, 0.29) is 30.4 Å². The Morgan fingerprint density at radius 1 is 1.04 bits per heavy atom. The van der Waals surface area contributed by atoms with E-state index < -0.39 is 23.4 Å². The summed E-state index contributed by atoms with van der Waals surface area (Å²) in [6.45, 7) is 4.87. The summed E-state index contributed by atoms with van der Waals surface area (Å²) >= 11 is 0. The molecule has 0 saturated carbocycles. The van der Waals surface area contributed by atoms with Gasteiger partial charge in [-0.15, -0.1) is 0 Å². The van der Waals surface area contributed by atoms with Crippen molar-refractivity contribution in [1.29, 1.82) is 0 Å². The van der Waals surface area contributed by atoms with Gasteiger partial charge in [-0.1, -0.05) is 12.1 Å². The number of anilines is 1. The molecule has 2 rings (SSSR count). The van der Waals surface area contributed by atoms with Gasteiger partial charge in [0.25, 0.3) is 0 Å². The molecule has 0 radical (unpaired) electrons. The molecule has 0 spiro atoms. The maximum absolute atomic E-state index is 14.2. The predicted octanol–water partition coefficient (Wildman–Crippen LogP) is 4.01. The molecule has 0 aliphatic rings. The van der Waals surface area contributed by atoms with Crippen molar-refractivity contribution in [2.45, 2.75) is 33.0 Å². The van der Waals surface area contributed by atoms with Gasteiger partial charge in [0.1, 0.15) is 36.1 Å². The fourth-order valence-electron chi connectivity index (χ4n) is 2.10. The fourth-order valence-corrected chi connectivity index (χ4v) is 2.10. The van der Waals surface area contributed by atoms with E-state index >= 15 is 0 Å². The minimum absolute atomic E-state index is 0.0508. The molecule has 2 amide bonds. The Labute approximate surface area is 161 Å². The van der Waals surface area contributed by atoms with Crippen molar-refractivity contribution >= 4 is 17.7 Å². The normalized spacial score (nSPS) is 10.9. The quantitative estimate of drug-likeness (QED) is 0.779. The summed E-state index contributed by atoms with van der Waals surface area (Å²) in [5, 5.41) is 4.64. The molecule has 0 aliphatic carbocycles. The van der Waals surface area contributed by atoms with Crippen LogP contribution in [0.4, 0.5) is 19.3 Å². The van der Waals surface area contributed by atoms with Crippen LogP contribution in [-0.4, -0.2) is 24.1 Å². The molecule has 2 aromatic rings. The monoisotopic (exact) mass is 392 g/mol. The Hall–Kier alpha value is -3.16. The van der Waals surface area contributed by atoms with E-state index in [1.165, 1.54) is 24.3 Å². The van der Waals surface area contributed by atoms with Crippen LogP contribution in [0, 0.1) is 11.6 Å². The molecule has 2 N–H and O–H groups in total. The highest BCUT2D eigenvalue weighted by Crippen LogP contribution is 2.21. The van der Waals surface area contributed by atoms with E-state index in [0.29, 0.717) is 0 Å². The highest BCUT2D eigenvalue weighted by Gasteiger charge is 2.17. The molecule has 0 saturated heterocycles. The van der Waals surface area contributed by atoms with Gasteiger partial charge < -0.3 is 20.1 Å². The van der Waals surface area contributed by atoms with Crippen LogP contribution in [0.1, 0.15) is 26.3 Å². The van der Waals surface area contributed by atoms with Crippen molar-refractivity contribution in [3.63, 3.8) is 0 Å². The number of carbonyl (C=O) groups is 2. The van der Waals surface area contributed by atoms with Gasteiger partial charge in [-0.2, -0.15) is 0 Å². The Kier molecular flexibility index (Phi) is 6.92. The summed E-state index contributed by atoms with van der Waals surface area (Å²) in [7, 11) is 0. The zero-order valence-corrected chi connectivity index (χ0v) is 15.8. The Bertz CT molecular complexity index is 833. The van der Waals surface area contributed by atoms with Crippen LogP contribution in [0.15, 0.2) is 42.5 Å². The second-order valence-electron chi connectivity index (χ2n) is 6.96. The number of halogens is 2. The third-order valence-electron chi connectivity index (χ3n) is 3.33. The first-order valence-electron chi connectivity index (χ1n) is 8.56. The van der Waals surface area contributed by atoms with Gasteiger partial charge in [0, 0.05) is 6.07 Å². The SMILES string of the molecule is CC(C)(C)OC(=O)NCC(=O)Nc1ccc(OCc2ccc(F)cc2)cc1F. The van der Waals surface area contributed by atoms with E-state index in [0.717, 1.165) is 11.6 Å². The van der Waals surface area contributed by atoms with Crippen LogP contribution >= 0.6 is 0 Å². The molecule has 28 heavy (non-hydrogen) atoms. The molecule has 0 heterocycles. The standard InChI is InChI=1S/C20H22F2N2O4/c1-20(2,3)28-19(26)23-11-18(25)24-17-9-8-15(10-16(17)22)27-12-13-4-6-14(21)7-5-13/h4-10H,11-12H2,1-3H3,(H,23,26)(H,24,25). The number of ether oxygens (including phenoxy) is 2. The summed E-state index contributed by atoms with van der Waals surface area (Å²) < 4.78 is 37.5. The highest BCUT2D eigenvalue weighted by molar-refractivity contribution is 5.94. The lowest BCUT2D eigenvalue weighted by atomic mass is 10.2.